The van der Waals surface area contributed by atoms with Crippen molar-refractivity contribution < 1.29 is 9.18 Å². The van der Waals surface area contributed by atoms with E-state index in [1.54, 1.807) is 23.2 Å². The average Bonchev–Trinajstić information content (AvgIpc) is 2.92. The molecule has 1 aromatic carbocycles. The minimum absolute atomic E-state index is 0.121. The first-order valence-corrected chi connectivity index (χ1v) is 9.21. The molecule has 7 heteroatoms. The van der Waals surface area contributed by atoms with Gasteiger partial charge in [-0.1, -0.05) is 0 Å². The first-order chi connectivity index (χ1) is 13.5. The zero-order valence-corrected chi connectivity index (χ0v) is 15.8. The molecule has 2 aromatic heterocycles. The number of benzene rings is 1. The van der Waals surface area contributed by atoms with Gasteiger partial charge in [-0.15, -0.1) is 0 Å². The standard InChI is InChI=1S/C21H20FN5O/c1-13-11-24-19(12-23-13)21(28)27-9-7-17-14(2)25-20(26-18(17)8-10-27)15-3-5-16(22)6-4-15/h3-6,11-12H,7-10H2,1-2H3. The Kier molecular flexibility index (Phi) is 4.81. The third kappa shape index (κ3) is 3.60. The van der Waals surface area contributed by atoms with E-state index in [0.717, 1.165) is 28.2 Å². The average molecular weight is 377 g/mol. The molecule has 0 atom stereocenters. The SMILES string of the molecule is Cc1cnc(C(=O)N2CCc3nc(-c4ccc(F)cc4)nc(C)c3CC2)cn1. The Labute approximate surface area is 162 Å². The second-order valence-corrected chi connectivity index (χ2v) is 6.90. The maximum atomic E-state index is 13.2. The maximum Gasteiger partial charge on any atom is 0.274 e. The highest BCUT2D eigenvalue weighted by molar-refractivity contribution is 5.92. The van der Waals surface area contributed by atoms with Gasteiger partial charge in [-0.05, 0) is 50.1 Å². The van der Waals surface area contributed by atoms with Gasteiger partial charge in [0.25, 0.3) is 5.91 Å². The zero-order valence-electron chi connectivity index (χ0n) is 15.8. The summed E-state index contributed by atoms with van der Waals surface area (Å²) in [5, 5.41) is 0. The molecule has 0 saturated carbocycles. The van der Waals surface area contributed by atoms with E-state index in [9.17, 15) is 9.18 Å². The van der Waals surface area contributed by atoms with Crippen molar-refractivity contribution in [3.8, 4) is 11.4 Å². The van der Waals surface area contributed by atoms with Crippen LogP contribution in [0.15, 0.2) is 36.7 Å². The third-order valence-electron chi connectivity index (χ3n) is 4.94. The van der Waals surface area contributed by atoms with E-state index >= 15 is 0 Å². The minimum Gasteiger partial charge on any atom is -0.337 e. The van der Waals surface area contributed by atoms with Crippen LogP contribution >= 0.6 is 0 Å². The second-order valence-electron chi connectivity index (χ2n) is 6.90. The van der Waals surface area contributed by atoms with Gasteiger partial charge in [0, 0.05) is 42.7 Å². The summed E-state index contributed by atoms with van der Waals surface area (Å²) in [6, 6.07) is 6.17. The Hall–Kier alpha value is -3.22. The molecule has 0 aliphatic carbocycles. The third-order valence-corrected chi connectivity index (χ3v) is 4.94. The molecule has 1 aliphatic rings. The van der Waals surface area contributed by atoms with Gasteiger partial charge in [-0.3, -0.25) is 9.78 Å². The Morgan fingerprint density at radius 1 is 1.00 bits per heavy atom. The van der Waals surface area contributed by atoms with Crippen LogP contribution in [0, 0.1) is 19.7 Å². The van der Waals surface area contributed by atoms with Crippen molar-refractivity contribution in [3.63, 3.8) is 0 Å². The predicted molar refractivity (Wildman–Crippen MR) is 102 cm³/mol. The van der Waals surface area contributed by atoms with Crippen LogP contribution in [-0.2, 0) is 12.8 Å². The van der Waals surface area contributed by atoms with E-state index < -0.39 is 0 Å². The quantitative estimate of drug-likeness (QED) is 0.687. The van der Waals surface area contributed by atoms with Gasteiger partial charge in [0.2, 0.25) is 0 Å². The second kappa shape index (κ2) is 7.42. The first-order valence-electron chi connectivity index (χ1n) is 9.21. The van der Waals surface area contributed by atoms with Crippen molar-refractivity contribution >= 4 is 5.91 Å². The molecule has 4 rings (SSSR count). The van der Waals surface area contributed by atoms with Crippen LogP contribution in [0.2, 0.25) is 0 Å². The molecule has 6 nitrogen and oxygen atoms in total. The van der Waals surface area contributed by atoms with Gasteiger partial charge >= 0.3 is 0 Å². The first kappa shape index (κ1) is 18.2. The van der Waals surface area contributed by atoms with Crippen molar-refractivity contribution in [2.75, 3.05) is 13.1 Å². The molecule has 3 aromatic rings. The van der Waals surface area contributed by atoms with E-state index in [1.165, 1.54) is 18.3 Å². The number of carbonyl (C=O) groups excluding carboxylic acids is 1. The normalized spacial score (nSPS) is 13.8. The molecule has 0 fully saturated rings. The summed E-state index contributed by atoms with van der Waals surface area (Å²) >= 11 is 0. The maximum absolute atomic E-state index is 13.2. The molecule has 0 bridgehead atoms. The molecule has 0 saturated heterocycles. The van der Waals surface area contributed by atoms with Crippen molar-refractivity contribution in [2.24, 2.45) is 0 Å². The Balaban J connectivity index is 1.58. The van der Waals surface area contributed by atoms with Crippen molar-refractivity contribution in [1.29, 1.82) is 0 Å². The molecule has 1 aliphatic heterocycles. The molecule has 0 N–H and O–H groups in total. The highest BCUT2D eigenvalue weighted by Gasteiger charge is 2.23. The number of aromatic nitrogens is 4. The van der Waals surface area contributed by atoms with Crippen LogP contribution < -0.4 is 0 Å². The number of nitrogens with zero attached hydrogens (tertiary/aromatic N) is 5. The molecule has 0 radical (unpaired) electrons. The molecular formula is C21H20FN5O. The Morgan fingerprint density at radius 3 is 2.46 bits per heavy atom. The van der Waals surface area contributed by atoms with E-state index in [0.29, 0.717) is 37.4 Å². The van der Waals surface area contributed by atoms with E-state index in [1.807, 2.05) is 13.8 Å². The number of amides is 1. The van der Waals surface area contributed by atoms with Crippen LogP contribution in [0.3, 0.4) is 0 Å². The smallest absolute Gasteiger partial charge is 0.274 e. The highest BCUT2D eigenvalue weighted by Crippen LogP contribution is 2.23. The molecule has 0 unspecified atom stereocenters. The molecule has 28 heavy (non-hydrogen) atoms. The lowest BCUT2D eigenvalue weighted by Gasteiger charge is -2.19. The van der Waals surface area contributed by atoms with Crippen LogP contribution in [0.1, 0.15) is 33.1 Å². The van der Waals surface area contributed by atoms with Gasteiger partial charge in [-0.2, -0.15) is 0 Å². The molecular weight excluding hydrogens is 357 g/mol. The van der Waals surface area contributed by atoms with Crippen LogP contribution in [0.4, 0.5) is 4.39 Å². The summed E-state index contributed by atoms with van der Waals surface area (Å²) in [5.41, 5.74) is 4.83. The molecule has 0 spiro atoms. The lowest BCUT2D eigenvalue weighted by atomic mass is 10.1. The van der Waals surface area contributed by atoms with E-state index in [-0.39, 0.29) is 11.7 Å². The minimum atomic E-state index is -0.288. The number of hydrogen-bond donors (Lipinski definition) is 0. The summed E-state index contributed by atoms with van der Waals surface area (Å²) in [4.78, 5) is 32.2. The van der Waals surface area contributed by atoms with Gasteiger partial charge < -0.3 is 4.90 Å². The van der Waals surface area contributed by atoms with Crippen molar-refractivity contribution in [1.82, 2.24) is 24.8 Å². The Morgan fingerprint density at radius 2 is 1.75 bits per heavy atom. The van der Waals surface area contributed by atoms with Gasteiger partial charge in [-0.25, -0.2) is 19.3 Å². The van der Waals surface area contributed by atoms with Crippen LogP contribution in [0.25, 0.3) is 11.4 Å². The predicted octanol–water partition coefficient (Wildman–Crippen LogP) is 2.93. The fraction of sp³-hybridized carbons (Fsp3) is 0.286. The lowest BCUT2D eigenvalue weighted by Crippen LogP contribution is -2.34. The number of carbonyl (C=O) groups is 1. The summed E-state index contributed by atoms with van der Waals surface area (Å²) in [5.74, 6) is 0.175. The summed E-state index contributed by atoms with van der Waals surface area (Å²) in [6.45, 7) is 4.93. The highest BCUT2D eigenvalue weighted by atomic mass is 19.1. The van der Waals surface area contributed by atoms with Gasteiger partial charge in [0.05, 0.1) is 11.9 Å². The number of halogens is 1. The summed E-state index contributed by atoms with van der Waals surface area (Å²) in [6.07, 6.45) is 4.45. The topological polar surface area (TPSA) is 71.9 Å². The van der Waals surface area contributed by atoms with Crippen molar-refractivity contribution in [3.05, 3.63) is 70.8 Å². The van der Waals surface area contributed by atoms with Crippen LogP contribution in [-0.4, -0.2) is 43.8 Å². The number of hydrogen-bond acceptors (Lipinski definition) is 5. The number of rotatable bonds is 2. The molecule has 1 amide bonds. The number of aryl methyl sites for hydroxylation is 2. The van der Waals surface area contributed by atoms with Crippen molar-refractivity contribution in [2.45, 2.75) is 26.7 Å². The fourth-order valence-corrected chi connectivity index (χ4v) is 3.38. The lowest BCUT2D eigenvalue weighted by molar-refractivity contribution is 0.0756. The van der Waals surface area contributed by atoms with Gasteiger partial charge in [0.1, 0.15) is 11.5 Å². The van der Waals surface area contributed by atoms with E-state index in [4.69, 9.17) is 4.98 Å². The zero-order chi connectivity index (χ0) is 19.7. The number of fused-ring (bicyclic) bond motifs is 1. The summed E-state index contributed by atoms with van der Waals surface area (Å²) < 4.78 is 13.2. The van der Waals surface area contributed by atoms with Gasteiger partial charge in [0.15, 0.2) is 5.82 Å². The summed E-state index contributed by atoms with van der Waals surface area (Å²) in [7, 11) is 0. The molecule has 3 heterocycles. The molecule has 142 valence electrons. The monoisotopic (exact) mass is 377 g/mol. The Bertz CT molecular complexity index is 1020. The van der Waals surface area contributed by atoms with E-state index in [2.05, 4.69) is 15.0 Å². The largest absolute Gasteiger partial charge is 0.337 e. The fourth-order valence-electron chi connectivity index (χ4n) is 3.38. The van der Waals surface area contributed by atoms with Crippen LogP contribution in [0.5, 0.6) is 0 Å².